The fourth-order valence-corrected chi connectivity index (χ4v) is 3.29. The number of esters is 1. The summed E-state index contributed by atoms with van der Waals surface area (Å²) in [4.78, 5) is 50.0. The number of ether oxygens (including phenoxy) is 2. The molecule has 2 N–H and O–H groups in total. The average Bonchev–Trinajstić information content (AvgIpc) is 2.84. The first kappa shape index (κ1) is 19.7. The largest absolute Gasteiger partial charge is 0.493 e. The standard InChI is InChI=1S/C19H23N3O6/c1-18(2,3)20-14(23)11-28-15(24)10-22-16(25)19(21-17(22)26)8-9-27-13-7-5-4-6-12(13)19/h4-7H,8-11H2,1-3H3,(H,20,23)(H,21,26)/t19-/m0/s1. The van der Waals surface area contributed by atoms with E-state index < -0.39 is 48.0 Å². The number of hydrogen-bond donors (Lipinski definition) is 2. The van der Waals surface area contributed by atoms with E-state index in [1.165, 1.54) is 0 Å². The summed E-state index contributed by atoms with van der Waals surface area (Å²) in [6.45, 7) is 4.59. The fourth-order valence-electron chi connectivity index (χ4n) is 3.29. The summed E-state index contributed by atoms with van der Waals surface area (Å²) >= 11 is 0. The Morgan fingerprint density at radius 3 is 2.71 bits per heavy atom. The zero-order valence-corrected chi connectivity index (χ0v) is 16.0. The van der Waals surface area contributed by atoms with Crippen LogP contribution in [0.3, 0.4) is 0 Å². The molecule has 1 saturated heterocycles. The van der Waals surface area contributed by atoms with Crippen molar-refractivity contribution >= 4 is 23.8 Å². The number of rotatable bonds is 4. The van der Waals surface area contributed by atoms with Crippen molar-refractivity contribution in [1.82, 2.24) is 15.5 Å². The van der Waals surface area contributed by atoms with E-state index in [1.54, 1.807) is 45.0 Å². The van der Waals surface area contributed by atoms with Gasteiger partial charge in [-0.25, -0.2) is 4.79 Å². The number of benzene rings is 1. The molecule has 1 fully saturated rings. The first-order chi connectivity index (χ1) is 13.1. The smallest absolute Gasteiger partial charge is 0.326 e. The van der Waals surface area contributed by atoms with E-state index in [9.17, 15) is 19.2 Å². The van der Waals surface area contributed by atoms with Gasteiger partial charge in [0.25, 0.3) is 11.8 Å². The van der Waals surface area contributed by atoms with E-state index in [4.69, 9.17) is 9.47 Å². The Labute approximate surface area is 162 Å². The number of hydrogen-bond acceptors (Lipinski definition) is 6. The molecule has 1 spiro atoms. The normalized spacial score (nSPS) is 21.0. The van der Waals surface area contributed by atoms with Crippen LogP contribution in [0.2, 0.25) is 0 Å². The molecular formula is C19H23N3O6. The predicted octanol–water partition coefficient (Wildman–Crippen LogP) is 0.674. The number of nitrogens with zero attached hydrogens (tertiary/aromatic N) is 1. The van der Waals surface area contributed by atoms with E-state index in [0.29, 0.717) is 11.3 Å². The van der Waals surface area contributed by atoms with Gasteiger partial charge >= 0.3 is 12.0 Å². The zero-order valence-electron chi connectivity index (χ0n) is 16.0. The number of carbonyl (C=O) groups excluding carboxylic acids is 4. The monoisotopic (exact) mass is 389 g/mol. The van der Waals surface area contributed by atoms with Gasteiger partial charge in [0.15, 0.2) is 12.1 Å². The third kappa shape index (κ3) is 3.78. The first-order valence-electron chi connectivity index (χ1n) is 8.95. The number of nitrogens with one attached hydrogen (secondary N) is 2. The lowest BCUT2D eigenvalue weighted by molar-refractivity contribution is -0.151. The molecule has 9 heteroatoms. The summed E-state index contributed by atoms with van der Waals surface area (Å²) < 4.78 is 10.5. The number of amides is 4. The molecule has 0 aromatic heterocycles. The Morgan fingerprint density at radius 1 is 1.29 bits per heavy atom. The van der Waals surface area contributed by atoms with Gasteiger partial charge in [0.1, 0.15) is 12.3 Å². The molecule has 2 aliphatic heterocycles. The van der Waals surface area contributed by atoms with E-state index in [2.05, 4.69) is 10.6 Å². The van der Waals surface area contributed by atoms with Crippen molar-refractivity contribution in [2.45, 2.75) is 38.3 Å². The minimum absolute atomic E-state index is 0.258. The van der Waals surface area contributed by atoms with Crippen LogP contribution in [0.5, 0.6) is 5.75 Å². The highest BCUT2D eigenvalue weighted by atomic mass is 16.5. The highest BCUT2D eigenvalue weighted by Crippen LogP contribution is 2.40. The molecule has 3 rings (SSSR count). The van der Waals surface area contributed by atoms with Crippen LogP contribution in [-0.4, -0.2) is 54.0 Å². The molecule has 2 heterocycles. The van der Waals surface area contributed by atoms with Gasteiger partial charge in [0.2, 0.25) is 0 Å². The van der Waals surface area contributed by atoms with Crippen molar-refractivity contribution in [3.05, 3.63) is 29.8 Å². The van der Waals surface area contributed by atoms with Gasteiger partial charge in [0, 0.05) is 17.5 Å². The van der Waals surface area contributed by atoms with Crippen molar-refractivity contribution in [3.8, 4) is 5.75 Å². The molecule has 0 saturated carbocycles. The average molecular weight is 389 g/mol. The summed E-state index contributed by atoms with van der Waals surface area (Å²) in [5, 5.41) is 5.35. The Kier molecular flexibility index (Phi) is 5.01. The van der Waals surface area contributed by atoms with Crippen molar-refractivity contribution in [2.75, 3.05) is 19.8 Å². The van der Waals surface area contributed by atoms with Crippen LogP contribution in [0.25, 0.3) is 0 Å². The minimum atomic E-state index is -1.25. The summed E-state index contributed by atoms with van der Waals surface area (Å²) in [7, 11) is 0. The van der Waals surface area contributed by atoms with Crippen LogP contribution in [0, 0.1) is 0 Å². The molecule has 0 radical (unpaired) electrons. The molecule has 28 heavy (non-hydrogen) atoms. The maximum atomic E-state index is 13.0. The number of fused-ring (bicyclic) bond motifs is 2. The fraction of sp³-hybridized carbons (Fsp3) is 0.474. The van der Waals surface area contributed by atoms with Gasteiger partial charge in [-0.2, -0.15) is 0 Å². The van der Waals surface area contributed by atoms with Crippen LogP contribution in [0.4, 0.5) is 4.79 Å². The van der Waals surface area contributed by atoms with Gasteiger partial charge in [0.05, 0.1) is 6.61 Å². The van der Waals surface area contributed by atoms with Gasteiger partial charge in [-0.3, -0.25) is 19.3 Å². The molecule has 1 atom stereocenters. The third-order valence-electron chi connectivity index (χ3n) is 4.42. The van der Waals surface area contributed by atoms with Gasteiger partial charge < -0.3 is 20.1 Å². The van der Waals surface area contributed by atoms with Gasteiger partial charge in [-0.1, -0.05) is 18.2 Å². The van der Waals surface area contributed by atoms with Crippen LogP contribution >= 0.6 is 0 Å². The Hall–Kier alpha value is -3.10. The summed E-state index contributed by atoms with van der Waals surface area (Å²) in [6.07, 6.45) is 0.258. The number of para-hydroxylation sites is 1. The molecule has 0 aliphatic carbocycles. The first-order valence-corrected chi connectivity index (χ1v) is 8.95. The van der Waals surface area contributed by atoms with E-state index in [1.807, 2.05) is 0 Å². The maximum Gasteiger partial charge on any atom is 0.326 e. The van der Waals surface area contributed by atoms with Crippen molar-refractivity contribution in [1.29, 1.82) is 0 Å². The van der Waals surface area contributed by atoms with Crippen molar-refractivity contribution < 1.29 is 28.7 Å². The van der Waals surface area contributed by atoms with Crippen molar-refractivity contribution in [3.63, 3.8) is 0 Å². The number of carbonyl (C=O) groups is 4. The summed E-state index contributed by atoms with van der Waals surface area (Å²) in [5.41, 5.74) is -1.16. The third-order valence-corrected chi connectivity index (χ3v) is 4.42. The highest BCUT2D eigenvalue weighted by molar-refractivity contribution is 6.09. The summed E-state index contributed by atoms with van der Waals surface area (Å²) in [5.74, 6) is -1.33. The second kappa shape index (κ2) is 7.14. The van der Waals surface area contributed by atoms with E-state index in [0.717, 1.165) is 4.90 Å². The number of urea groups is 1. The molecule has 150 valence electrons. The highest BCUT2D eigenvalue weighted by Gasteiger charge is 2.55. The lowest BCUT2D eigenvalue weighted by atomic mass is 9.84. The quantitative estimate of drug-likeness (QED) is 0.578. The lowest BCUT2D eigenvalue weighted by Crippen LogP contribution is -2.48. The molecule has 4 amide bonds. The van der Waals surface area contributed by atoms with E-state index >= 15 is 0 Å². The number of imide groups is 1. The van der Waals surface area contributed by atoms with Crippen molar-refractivity contribution in [2.24, 2.45) is 0 Å². The Balaban J connectivity index is 1.67. The van der Waals surface area contributed by atoms with Crippen LogP contribution in [0.1, 0.15) is 32.8 Å². The summed E-state index contributed by atoms with van der Waals surface area (Å²) in [6, 6.07) is 6.28. The topological polar surface area (TPSA) is 114 Å². The van der Waals surface area contributed by atoms with Crippen LogP contribution in [-0.2, 0) is 24.7 Å². The molecule has 1 aromatic rings. The molecule has 1 aromatic carbocycles. The van der Waals surface area contributed by atoms with Gasteiger partial charge in [-0.05, 0) is 26.8 Å². The molecule has 9 nitrogen and oxygen atoms in total. The molecular weight excluding hydrogens is 366 g/mol. The lowest BCUT2D eigenvalue weighted by Gasteiger charge is -2.33. The Morgan fingerprint density at radius 2 is 2.00 bits per heavy atom. The minimum Gasteiger partial charge on any atom is -0.493 e. The SMILES string of the molecule is CC(C)(C)NC(=O)COC(=O)CN1C(=O)N[C@]2(CCOc3ccccc32)C1=O. The maximum absolute atomic E-state index is 13.0. The molecule has 2 aliphatic rings. The second-order valence-corrected chi connectivity index (χ2v) is 7.78. The van der Waals surface area contributed by atoms with Crippen LogP contribution < -0.4 is 15.4 Å². The zero-order chi connectivity index (χ0) is 20.5. The second-order valence-electron chi connectivity index (χ2n) is 7.78. The Bertz CT molecular complexity index is 831. The van der Waals surface area contributed by atoms with E-state index in [-0.39, 0.29) is 13.0 Å². The van der Waals surface area contributed by atoms with Gasteiger partial charge in [-0.15, -0.1) is 0 Å². The molecule has 0 unspecified atom stereocenters. The predicted molar refractivity (Wildman–Crippen MR) is 97.3 cm³/mol. The molecule has 0 bridgehead atoms. The van der Waals surface area contributed by atoms with Crippen LogP contribution in [0.15, 0.2) is 24.3 Å².